The Morgan fingerprint density at radius 3 is 2.28 bits per heavy atom. The summed E-state index contributed by atoms with van der Waals surface area (Å²) in [5, 5.41) is 4.83. The number of fused-ring (bicyclic) bond motifs is 1. The molecule has 1 aliphatic rings. The number of hydrogen-bond donors (Lipinski definition) is 0. The fraction of sp³-hybridized carbons (Fsp3) is 0.529. The Labute approximate surface area is 112 Å². The average Bonchev–Trinajstić information content (AvgIpc) is 2.87. The molecule has 0 nitrogen and oxygen atoms in total. The van der Waals surface area contributed by atoms with Crippen LogP contribution < -0.4 is 0 Å². The average molecular weight is 258 g/mol. The van der Waals surface area contributed by atoms with Crippen molar-refractivity contribution in [3.8, 4) is 0 Å². The highest BCUT2D eigenvalue weighted by atomic mass is 31.0. The molecule has 1 unspecified atom stereocenters. The van der Waals surface area contributed by atoms with Crippen molar-refractivity contribution >= 4 is 19.0 Å². The van der Waals surface area contributed by atoms with Crippen LogP contribution in [-0.4, -0.2) is 0 Å². The molecule has 2 aromatic rings. The Morgan fingerprint density at radius 2 is 1.50 bits per heavy atom. The van der Waals surface area contributed by atoms with Crippen molar-refractivity contribution < 1.29 is 0 Å². The molecule has 0 spiro atoms. The van der Waals surface area contributed by atoms with E-state index in [1.807, 2.05) is 0 Å². The van der Waals surface area contributed by atoms with Crippen molar-refractivity contribution in [2.45, 2.75) is 57.3 Å². The normalized spacial score (nSPS) is 19.8. The lowest BCUT2D eigenvalue weighted by atomic mass is 9.93. The molecular weight excluding hydrogens is 235 g/mol. The van der Waals surface area contributed by atoms with E-state index in [0.29, 0.717) is 0 Å². The van der Waals surface area contributed by atoms with E-state index in [-0.39, 0.29) is 0 Å². The highest BCUT2D eigenvalue weighted by molar-refractivity contribution is 7.31. The lowest BCUT2D eigenvalue weighted by Crippen LogP contribution is -1.96. The van der Waals surface area contributed by atoms with E-state index in [1.54, 1.807) is 10.7 Å². The first-order valence-corrected chi connectivity index (χ1v) is 8.59. The van der Waals surface area contributed by atoms with Gasteiger partial charge < -0.3 is 0 Å². The monoisotopic (exact) mass is 258 g/mol. The minimum absolute atomic E-state index is 0.876. The summed E-state index contributed by atoms with van der Waals surface area (Å²) in [7, 11) is 0.952. The van der Waals surface area contributed by atoms with E-state index in [1.165, 1.54) is 56.8 Å². The molecule has 1 saturated carbocycles. The van der Waals surface area contributed by atoms with Crippen LogP contribution in [0.1, 0.15) is 62.6 Å². The van der Waals surface area contributed by atoms with Gasteiger partial charge in [-0.1, -0.05) is 62.8 Å². The number of benzene rings is 1. The van der Waals surface area contributed by atoms with Crippen LogP contribution in [0.2, 0.25) is 0 Å². The minimum Gasteiger partial charge on any atom is -0.135 e. The zero-order valence-electron chi connectivity index (χ0n) is 11.1. The number of rotatable bonds is 1. The maximum atomic E-state index is 2.46. The molecule has 0 bridgehead atoms. The van der Waals surface area contributed by atoms with Crippen molar-refractivity contribution in [2.24, 2.45) is 0 Å². The van der Waals surface area contributed by atoms with Crippen molar-refractivity contribution in [1.82, 2.24) is 0 Å². The van der Waals surface area contributed by atoms with Crippen LogP contribution in [0, 0.1) is 0 Å². The largest absolute Gasteiger partial charge is 0.135 e. The van der Waals surface area contributed by atoms with Crippen LogP contribution >= 0.6 is 8.19 Å². The van der Waals surface area contributed by atoms with Gasteiger partial charge in [-0.05, 0) is 40.6 Å². The molecular formula is C17H23P. The highest BCUT2D eigenvalue weighted by Crippen LogP contribution is 2.40. The summed E-state index contributed by atoms with van der Waals surface area (Å²) in [6, 6.07) is 9.00. The van der Waals surface area contributed by atoms with Gasteiger partial charge in [0, 0.05) is 0 Å². The third-order valence-corrected chi connectivity index (χ3v) is 5.84. The SMILES string of the molecule is c1ccc2c(C3CCCCCCCC3)[pH]cc2c1. The van der Waals surface area contributed by atoms with Crippen LogP contribution in [0.4, 0.5) is 0 Å². The first kappa shape index (κ1) is 12.3. The summed E-state index contributed by atoms with van der Waals surface area (Å²) >= 11 is 0. The Morgan fingerprint density at radius 1 is 0.833 bits per heavy atom. The predicted molar refractivity (Wildman–Crippen MR) is 83.1 cm³/mol. The first-order valence-electron chi connectivity index (χ1n) is 7.51. The fourth-order valence-electron chi connectivity index (χ4n) is 3.36. The second-order valence-electron chi connectivity index (χ2n) is 5.69. The third-order valence-electron chi connectivity index (χ3n) is 4.40. The molecule has 0 amide bonds. The second-order valence-corrected chi connectivity index (χ2v) is 6.80. The van der Waals surface area contributed by atoms with Crippen molar-refractivity contribution in [3.63, 3.8) is 0 Å². The molecule has 1 aromatic heterocycles. The van der Waals surface area contributed by atoms with E-state index < -0.39 is 0 Å². The van der Waals surface area contributed by atoms with Gasteiger partial charge in [-0.15, -0.1) is 8.19 Å². The Bertz CT molecular complexity index is 487. The zero-order chi connectivity index (χ0) is 12.2. The van der Waals surface area contributed by atoms with Gasteiger partial charge in [0.15, 0.2) is 0 Å². The van der Waals surface area contributed by atoms with Crippen molar-refractivity contribution in [3.05, 3.63) is 35.4 Å². The summed E-state index contributed by atoms with van der Waals surface area (Å²) in [6.07, 6.45) is 11.6. The zero-order valence-corrected chi connectivity index (χ0v) is 12.1. The lowest BCUT2D eigenvalue weighted by molar-refractivity contribution is 0.549. The van der Waals surface area contributed by atoms with Crippen LogP contribution in [0.15, 0.2) is 30.1 Å². The predicted octanol–water partition coefficient (Wildman–Crippen LogP) is 6.09. The van der Waals surface area contributed by atoms with Gasteiger partial charge in [0.2, 0.25) is 0 Å². The quantitative estimate of drug-likeness (QED) is 0.580. The van der Waals surface area contributed by atoms with Crippen molar-refractivity contribution in [1.29, 1.82) is 0 Å². The van der Waals surface area contributed by atoms with Gasteiger partial charge in [-0.25, -0.2) is 0 Å². The van der Waals surface area contributed by atoms with E-state index >= 15 is 0 Å². The first-order chi connectivity index (χ1) is 8.95. The van der Waals surface area contributed by atoms with Gasteiger partial charge in [-0.3, -0.25) is 0 Å². The molecule has 1 heterocycles. The molecule has 0 radical (unpaired) electrons. The molecule has 3 rings (SSSR count). The van der Waals surface area contributed by atoms with E-state index in [0.717, 1.165) is 14.1 Å². The second kappa shape index (κ2) is 5.93. The van der Waals surface area contributed by atoms with E-state index in [9.17, 15) is 0 Å². The molecule has 1 fully saturated rings. The Kier molecular flexibility index (Phi) is 4.06. The summed E-state index contributed by atoms with van der Waals surface area (Å²) in [4.78, 5) is 0. The molecule has 1 heteroatoms. The molecule has 96 valence electrons. The molecule has 0 aliphatic heterocycles. The molecule has 0 N–H and O–H groups in total. The van der Waals surface area contributed by atoms with Gasteiger partial charge >= 0.3 is 0 Å². The van der Waals surface area contributed by atoms with Gasteiger partial charge in [0.1, 0.15) is 0 Å². The van der Waals surface area contributed by atoms with Gasteiger partial charge in [-0.2, -0.15) is 0 Å². The maximum absolute atomic E-state index is 2.46. The van der Waals surface area contributed by atoms with Crippen LogP contribution in [0.25, 0.3) is 10.8 Å². The molecule has 1 atom stereocenters. The lowest BCUT2D eigenvalue weighted by Gasteiger charge is -2.15. The van der Waals surface area contributed by atoms with E-state index in [2.05, 4.69) is 30.1 Å². The van der Waals surface area contributed by atoms with Gasteiger partial charge in [0.05, 0.1) is 0 Å². The summed E-state index contributed by atoms with van der Waals surface area (Å²) < 4.78 is 0. The summed E-state index contributed by atoms with van der Waals surface area (Å²) in [5.41, 5.74) is 0. The number of hydrogen-bond acceptors (Lipinski definition) is 0. The minimum atomic E-state index is 0.876. The molecule has 0 saturated heterocycles. The van der Waals surface area contributed by atoms with E-state index in [4.69, 9.17) is 0 Å². The maximum Gasteiger partial charge on any atom is -0.0109 e. The summed E-state index contributed by atoms with van der Waals surface area (Å²) in [5.74, 6) is 3.33. The Hall–Kier alpha value is -0.740. The molecule has 18 heavy (non-hydrogen) atoms. The smallest absolute Gasteiger partial charge is 0.0109 e. The Balaban J connectivity index is 1.86. The third kappa shape index (κ3) is 2.64. The molecule has 1 aliphatic carbocycles. The van der Waals surface area contributed by atoms with Crippen LogP contribution in [0.5, 0.6) is 0 Å². The summed E-state index contributed by atoms with van der Waals surface area (Å²) in [6.45, 7) is 0. The topological polar surface area (TPSA) is 0 Å². The standard InChI is InChI=1S/C17H23P/c1-2-4-6-10-14(9-5-3-1)17-16-12-8-7-11-15(16)13-18-17/h7-8,11-14,18H,1-6,9-10H2. The van der Waals surface area contributed by atoms with Gasteiger partial charge in [0.25, 0.3) is 0 Å². The molecule has 1 aromatic carbocycles. The van der Waals surface area contributed by atoms with Crippen molar-refractivity contribution in [2.75, 3.05) is 0 Å². The van der Waals surface area contributed by atoms with Crippen LogP contribution in [0.3, 0.4) is 0 Å². The van der Waals surface area contributed by atoms with Crippen LogP contribution in [-0.2, 0) is 0 Å². The highest BCUT2D eigenvalue weighted by Gasteiger charge is 2.15. The fourth-order valence-corrected chi connectivity index (χ4v) is 4.83.